The third-order valence-corrected chi connectivity index (χ3v) is 5.22. The van der Waals surface area contributed by atoms with Gasteiger partial charge in [0.1, 0.15) is 35.1 Å². The van der Waals surface area contributed by atoms with Crippen molar-refractivity contribution in [2.75, 3.05) is 5.32 Å². The third kappa shape index (κ3) is 3.67. The number of anilines is 1. The Bertz CT molecular complexity index is 1540. The van der Waals surface area contributed by atoms with E-state index in [4.69, 9.17) is 0 Å². The van der Waals surface area contributed by atoms with Crippen LogP contribution in [0.4, 0.5) is 19.0 Å². The Hall–Kier alpha value is -4.28. The van der Waals surface area contributed by atoms with Crippen molar-refractivity contribution in [3.05, 3.63) is 82.7 Å². The number of benzene rings is 2. The Kier molecular flexibility index (Phi) is 5.00. The highest BCUT2D eigenvalue weighted by molar-refractivity contribution is 5.82. The van der Waals surface area contributed by atoms with E-state index in [1.165, 1.54) is 24.8 Å². The Balaban J connectivity index is 1.75. The summed E-state index contributed by atoms with van der Waals surface area (Å²) >= 11 is 0. The molecule has 3 heterocycles. The van der Waals surface area contributed by atoms with Crippen LogP contribution in [0.3, 0.4) is 0 Å². The van der Waals surface area contributed by atoms with E-state index in [0.717, 1.165) is 22.8 Å². The highest BCUT2D eigenvalue weighted by atomic mass is 19.1. The summed E-state index contributed by atoms with van der Waals surface area (Å²) in [5.74, 6) is -1.76. The Labute approximate surface area is 184 Å². The minimum absolute atomic E-state index is 0.0173. The van der Waals surface area contributed by atoms with Crippen molar-refractivity contribution >= 4 is 27.9 Å². The molecule has 0 aliphatic heterocycles. The van der Waals surface area contributed by atoms with Crippen molar-refractivity contribution < 1.29 is 13.2 Å². The number of H-pyrrole nitrogens is 1. The van der Waals surface area contributed by atoms with Crippen molar-refractivity contribution in [1.29, 1.82) is 0 Å². The topological polar surface area (TPSA) is 101 Å². The number of fused-ring (bicyclic) bond motifs is 2. The van der Waals surface area contributed by atoms with Gasteiger partial charge in [0.05, 0.1) is 29.0 Å². The molecule has 0 saturated heterocycles. The molecular weight excluding hydrogens is 435 g/mol. The maximum Gasteiger partial charge on any atom is 0.266 e. The molecule has 0 amide bonds. The number of nitrogens with zero attached hydrogens (tertiary/aromatic N) is 5. The molecule has 5 aromatic rings. The molecule has 2 aromatic carbocycles. The van der Waals surface area contributed by atoms with Gasteiger partial charge in [-0.3, -0.25) is 9.36 Å². The van der Waals surface area contributed by atoms with Crippen LogP contribution in [0, 0.1) is 17.5 Å². The number of nitrogens with one attached hydrogen (secondary N) is 2. The average molecular weight is 451 g/mol. The molecule has 0 aliphatic rings. The van der Waals surface area contributed by atoms with E-state index in [1.54, 1.807) is 0 Å². The molecule has 0 unspecified atom stereocenters. The smallest absolute Gasteiger partial charge is 0.266 e. The van der Waals surface area contributed by atoms with Gasteiger partial charge < -0.3 is 10.3 Å². The monoisotopic (exact) mass is 451 g/mol. The second-order valence-corrected chi connectivity index (χ2v) is 7.33. The van der Waals surface area contributed by atoms with E-state index < -0.39 is 29.1 Å². The van der Waals surface area contributed by atoms with Crippen LogP contribution in [0.2, 0.25) is 0 Å². The lowest BCUT2D eigenvalue weighted by Gasteiger charge is -2.22. The maximum absolute atomic E-state index is 14.0. The summed E-state index contributed by atoms with van der Waals surface area (Å²) in [4.78, 5) is 33.3. The summed E-state index contributed by atoms with van der Waals surface area (Å²) < 4.78 is 43.1. The summed E-state index contributed by atoms with van der Waals surface area (Å²) in [6, 6.07) is 5.76. The molecule has 0 aliphatic carbocycles. The SMILES string of the molecule is CC[C@H](Nc1ncnc2nc[nH]c12)c1nc2ccc(F)cc2c(=O)n1-c1cc(F)cc(F)c1. The van der Waals surface area contributed by atoms with Crippen LogP contribution in [0.25, 0.3) is 27.8 Å². The van der Waals surface area contributed by atoms with Gasteiger partial charge in [-0.25, -0.2) is 33.1 Å². The third-order valence-electron chi connectivity index (χ3n) is 5.22. The molecule has 2 N–H and O–H groups in total. The summed E-state index contributed by atoms with van der Waals surface area (Å²) in [5, 5.41) is 3.19. The highest BCUT2D eigenvalue weighted by Gasteiger charge is 2.22. The quantitative estimate of drug-likeness (QED) is 0.418. The second-order valence-electron chi connectivity index (χ2n) is 7.33. The van der Waals surface area contributed by atoms with Crippen LogP contribution in [-0.2, 0) is 0 Å². The molecule has 0 fully saturated rings. The number of imidazole rings is 1. The minimum atomic E-state index is -0.863. The van der Waals surface area contributed by atoms with E-state index >= 15 is 0 Å². The van der Waals surface area contributed by atoms with Crippen molar-refractivity contribution in [3.8, 4) is 5.69 Å². The molecule has 5 rings (SSSR count). The zero-order valence-corrected chi connectivity index (χ0v) is 17.2. The first kappa shape index (κ1) is 20.6. The Morgan fingerprint density at radius 2 is 1.82 bits per heavy atom. The van der Waals surface area contributed by atoms with E-state index in [2.05, 4.69) is 30.2 Å². The molecule has 11 heteroatoms. The van der Waals surface area contributed by atoms with Crippen molar-refractivity contribution in [2.45, 2.75) is 19.4 Å². The first-order valence-corrected chi connectivity index (χ1v) is 10.0. The van der Waals surface area contributed by atoms with Crippen molar-refractivity contribution in [2.24, 2.45) is 0 Å². The number of hydrogen-bond donors (Lipinski definition) is 2. The summed E-state index contributed by atoms with van der Waals surface area (Å²) in [6.45, 7) is 1.85. The fraction of sp³-hybridized carbons (Fsp3) is 0.136. The zero-order valence-electron chi connectivity index (χ0n) is 17.2. The van der Waals surface area contributed by atoms with Crippen LogP contribution in [0.1, 0.15) is 25.2 Å². The molecule has 0 spiro atoms. The molecule has 166 valence electrons. The molecule has 33 heavy (non-hydrogen) atoms. The molecule has 0 saturated carbocycles. The second kappa shape index (κ2) is 8.01. The Morgan fingerprint density at radius 3 is 2.58 bits per heavy atom. The van der Waals surface area contributed by atoms with Crippen molar-refractivity contribution in [3.63, 3.8) is 0 Å². The number of aromatic amines is 1. The molecular formula is C22H16F3N7O. The highest BCUT2D eigenvalue weighted by Crippen LogP contribution is 2.26. The first-order chi connectivity index (χ1) is 15.9. The van der Waals surface area contributed by atoms with Gasteiger partial charge in [-0.1, -0.05) is 6.92 Å². The number of rotatable bonds is 5. The van der Waals surface area contributed by atoms with Gasteiger partial charge in [-0.05, 0) is 36.8 Å². The normalized spacial score (nSPS) is 12.4. The van der Waals surface area contributed by atoms with E-state index in [-0.39, 0.29) is 22.4 Å². The molecule has 8 nitrogen and oxygen atoms in total. The zero-order chi connectivity index (χ0) is 23.1. The lowest BCUT2D eigenvalue weighted by molar-refractivity contribution is 0.578. The van der Waals surface area contributed by atoms with E-state index in [0.29, 0.717) is 29.5 Å². The van der Waals surface area contributed by atoms with Gasteiger partial charge in [-0.2, -0.15) is 0 Å². The van der Waals surface area contributed by atoms with Crippen LogP contribution >= 0.6 is 0 Å². The molecule has 1 atom stereocenters. The summed E-state index contributed by atoms with van der Waals surface area (Å²) in [7, 11) is 0. The predicted octanol–water partition coefficient (Wildman–Crippen LogP) is 4.03. The fourth-order valence-electron chi connectivity index (χ4n) is 3.72. The summed E-state index contributed by atoms with van der Waals surface area (Å²) in [5.41, 5.74) is 0.507. The first-order valence-electron chi connectivity index (χ1n) is 10.0. The maximum atomic E-state index is 14.0. The summed E-state index contributed by atoms with van der Waals surface area (Å²) in [6.07, 6.45) is 3.24. The van der Waals surface area contributed by atoms with Gasteiger partial charge in [-0.15, -0.1) is 0 Å². The Morgan fingerprint density at radius 1 is 1.03 bits per heavy atom. The van der Waals surface area contributed by atoms with Crippen molar-refractivity contribution in [1.82, 2.24) is 29.5 Å². The van der Waals surface area contributed by atoms with E-state index in [9.17, 15) is 18.0 Å². The predicted molar refractivity (Wildman–Crippen MR) is 116 cm³/mol. The van der Waals surface area contributed by atoms with Gasteiger partial charge >= 0.3 is 0 Å². The van der Waals surface area contributed by atoms with Crippen LogP contribution < -0.4 is 10.9 Å². The number of hydrogen-bond acceptors (Lipinski definition) is 6. The minimum Gasteiger partial charge on any atom is -0.358 e. The molecule has 0 bridgehead atoms. The van der Waals surface area contributed by atoms with Crippen LogP contribution in [-0.4, -0.2) is 29.5 Å². The molecule has 3 aromatic heterocycles. The fourth-order valence-corrected chi connectivity index (χ4v) is 3.72. The average Bonchev–Trinajstić information content (AvgIpc) is 3.27. The van der Waals surface area contributed by atoms with E-state index in [1.807, 2.05) is 6.92 Å². The van der Waals surface area contributed by atoms with Gasteiger partial charge in [0, 0.05) is 6.07 Å². The van der Waals surface area contributed by atoms with Gasteiger partial charge in [0.15, 0.2) is 11.5 Å². The standard InChI is InChI=1S/C22H16F3N7O/c1-2-16(30-20-18-19(27-9-26-18)28-10-29-20)21-31-17-4-3-11(23)8-15(17)22(33)32(21)14-6-12(24)5-13(25)7-14/h3-10,16H,2H2,1H3,(H2,26,27,28,29,30)/t16-/m0/s1. The van der Waals surface area contributed by atoms with Crippen LogP contribution in [0.15, 0.2) is 53.8 Å². The van der Waals surface area contributed by atoms with Crippen LogP contribution in [0.5, 0.6) is 0 Å². The molecule has 0 radical (unpaired) electrons. The lowest BCUT2D eigenvalue weighted by Crippen LogP contribution is -2.28. The number of aromatic nitrogens is 6. The number of halogens is 3. The van der Waals surface area contributed by atoms with Gasteiger partial charge in [0.25, 0.3) is 5.56 Å². The lowest BCUT2D eigenvalue weighted by atomic mass is 10.1. The van der Waals surface area contributed by atoms with Gasteiger partial charge in [0.2, 0.25) is 0 Å². The largest absolute Gasteiger partial charge is 0.358 e.